The van der Waals surface area contributed by atoms with Gasteiger partial charge in [-0.1, -0.05) is 30.3 Å². The number of rotatable bonds is 1. The van der Waals surface area contributed by atoms with Crippen LogP contribution in [0.3, 0.4) is 0 Å². The van der Waals surface area contributed by atoms with Gasteiger partial charge in [-0.05, 0) is 37.1 Å². The van der Waals surface area contributed by atoms with Gasteiger partial charge in [0.1, 0.15) is 0 Å². The molecular weight excluding hydrogens is 208 g/mol. The number of benzene rings is 2. The zero-order chi connectivity index (χ0) is 11.8. The highest BCUT2D eigenvalue weighted by atomic mass is 15.3. The summed E-state index contributed by atoms with van der Waals surface area (Å²) in [7, 11) is 0. The molecule has 0 saturated heterocycles. The van der Waals surface area contributed by atoms with Crippen molar-refractivity contribution in [3.8, 4) is 5.69 Å². The molecule has 17 heavy (non-hydrogen) atoms. The fraction of sp³-hybridized carbons (Fsp3) is 0.133. The molecule has 0 saturated carbocycles. The van der Waals surface area contributed by atoms with Crippen LogP contribution in [0.25, 0.3) is 16.6 Å². The average molecular weight is 222 g/mol. The molecule has 3 aromatic rings. The second-order valence-corrected chi connectivity index (χ2v) is 4.35. The van der Waals surface area contributed by atoms with Crippen LogP contribution in [0.15, 0.2) is 48.7 Å². The maximum absolute atomic E-state index is 4.60. The molecule has 0 N–H and O–H groups in total. The molecule has 3 rings (SSSR count). The molecule has 0 amide bonds. The van der Waals surface area contributed by atoms with E-state index in [1.165, 1.54) is 16.5 Å². The minimum absolute atomic E-state index is 1.04. The fourth-order valence-corrected chi connectivity index (χ4v) is 2.07. The van der Waals surface area contributed by atoms with Crippen molar-refractivity contribution in [1.29, 1.82) is 0 Å². The van der Waals surface area contributed by atoms with Crippen molar-refractivity contribution in [2.75, 3.05) is 0 Å². The highest BCUT2D eigenvalue weighted by Crippen LogP contribution is 2.19. The van der Waals surface area contributed by atoms with E-state index in [0.717, 1.165) is 11.2 Å². The summed E-state index contributed by atoms with van der Waals surface area (Å²) in [6.45, 7) is 4.26. The minimum atomic E-state index is 1.04. The molecule has 0 fully saturated rings. The van der Waals surface area contributed by atoms with E-state index in [1.807, 2.05) is 22.9 Å². The second kappa shape index (κ2) is 3.74. The van der Waals surface area contributed by atoms with Gasteiger partial charge in [-0.25, -0.2) is 4.68 Å². The molecule has 0 aliphatic carbocycles. The topological polar surface area (TPSA) is 17.8 Å². The van der Waals surface area contributed by atoms with Gasteiger partial charge in [0, 0.05) is 11.6 Å². The van der Waals surface area contributed by atoms with Crippen LogP contribution in [-0.4, -0.2) is 9.78 Å². The summed E-state index contributed by atoms with van der Waals surface area (Å²) >= 11 is 0. The van der Waals surface area contributed by atoms with E-state index in [4.69, 9.17) is 0 Å². The maximum atomic E-state index is 4.60. The molecule has 0 atom stereocenters. The summed E-state index contributed by atoms with van der Waals surface area (Å²) in [5, 5.41) is 5.78. The Kier molecular flexibility index (Phi) is 2.22. The van der Waals surface area contributed by atoms with Crippen molar-refractivity contribution >= 4 is 10.9 Å². The van der Waals surface area contributed by atoms with Gasteiger partial charge in [-0.2, -0.15) is 5.10 Å². The van der Waals surface area contributed by atoms with Crippen LogP contribution in [0.2, 0.25) is 0 Å². The van der Waals surface area contributed by atoms with Gasteiger partial charge in [0.2, 0.25) is 0 Å². The Morgan fingerprint density at radius 2 is 1.76 bits per heavy atom. The van der Waals surface area contributed by atoms with Crippen molar-refractivity contribution < 1.29 is 0 Å². The normalized spacial score (nSPS) is 10.9. The minimum Gasteiger partial charge on any atom is -0.239 e. The molecule has 0 spiro atoms. The molecule has 0 aliphatic heterocycles. The van der Waals surface area contributed by atoms with Crippen molar-refractivity contribution in [3.05, 3.63) is 59.8 Å². The molecule has 0 radical (unpaired) electrons. The third-order valence-corrected chi connectivity index (χ3v) is 3.24. The van der Waals surface area contributed by atoms with Gasteiger partial charge in [0.15, 0.2) is 0 Å². The lowest BCUT2D eigenvalue weighted by molar-refractivity contribution is 0.885. The van der Waals surface area contributed by atoms with E-state index in [1.54, 1.807) is 0 Å². The van der Waals surface area contributed by atoms with Gasteiger partial charge in [-0.3, -0.25) is 0 Å². The Morgan fingerprint density at radius 1 is 0.941 bits per heavy atom. The number of hydrogen-bond acceptors (Lipinski definition) is 1. The molecule has 1 heterocycles. The lowest BCUT2D eigenvalue weighted by Crippen LogP contribution is -1.98. The van der Waals surface area contributed by atoms with Crippen LogP contribution >= 0.6 is 0 Å². The number of fused-ring (bicyclic) bond motifs is 1. The summed E-state index contributed by atoms with van der Waals surface area (Å²) in [6.07, 6.45) is 2.08. The highest BCUT2D eigenvalue weighted by Gasteiger charge is 2.05. The van der Waals surface area contributed by atoms with Gasteiger partial charge >= 0.3 is 0 Å². The first-order valence-corrected chi connectivity index (χ1v) is 5.77. The van der Waals surface area contributed by atoms with Crippen LogP contribution in [0, 0.1) is 13.8 Å². The van der Waals surface area contributed by atoms with E-state index < -0.39 is 0 Å². The summed E-state index contributed by atoms with van der Waals surface area (Å²) in [5.74, 6) is 0. The monoisotopic (exact) mass is 222 g/mol. The number of aryl methyl sites for hydroxylation is 1. The second-order valence-electron chi connectivity index (χ2n) is 4.35. The van der Waals surface area contributed by atoms with Crippen molar-refractivity contribution in [2.45, 2.75) is 13.8 Å². The molecule has 1 aromatic heterocycles. The molecule has 84 valence electrons. The first-order valence-electron chi connectivity index (χ1n) is 5.77. The molecule has 2 nitrogen and oxygen atoms in total. The van der Waals surface area contributed by atoms with E-state index in [2.05, 4.69) is 49.4 Å². The molecular formula is C15H14N2. The predicted octanol–water partition coefficient (Wildman–Crippen LogP) is 3.64. The van der Waals surface area contributed by atoms with Crippen LogP contribution in [-0.2, 0) is 0 Å². The summed E-state index contributed by atoms with van der Waals surface area (Å²) in [5.41, 5.74) is 4.76. The van der Waals surface area contributed by atoms with Gasteiger partial charge in [-0.15, -0.1) is 0 Å². The zero-order valence-corrected chi connectivity index (χ0v) is 10.0. The first kappa shape index (κ1) is 10.1. The Bertz CT molecular complexity index is 647. The molecule has 2 aromatic carbocycles. The van der Waals surface area contributed by atoms with E-state index in [0.29, 0.717) is 0 Å². The SMILES string of the molecule is Cc1cccc(-n2cc3ccccc3n2)c1C. The van der Waals surface area contributed by atoms with E-state index in [9.17, 15) is 0 Å². The molecule has 0 unspecified atom stereocenters. The molecule has 2 heteroatoms. The van der Waals surface area contributed by atoms with Gasteiger partial charge < -0.3 is 0 Å². The van der Waals surface area contributed by atoms with Crippen molar-refractivity contribution in [1.82, 2.24) is 9.78 Å². The number of aromatic nitrogens is 2. The quantitative estimate of drug-likeness (QED) is 0.614. The summed E-state index contributed by atoms with van der Waals surface area (Å²) in [6, 6.07) is 14.5. The van der Waals surface area contributed by atoms with Crippen LogP contribution in [0.1, 0.15) is 11.1 Å². The van der Waals surface area contributed by atoms with E-state index >= 15 is 0 Å². The standard InChI is InChI=1S/C15H14N2/c1-11-6-5-9-15(12(11)2)17-10-13-7-3-4-8-14(13)16-17/h3-10H,1-2H3. The summed E-state index contributed by atoms with van der Waals surface area (Å²) in [4.78, 5) is 0. The Labute approximate surface area is 101 Å². The average Bonchev–Trinajstić information content (AvgIpc) is 2.76. The van der Waals surface area contributed by atoms with Crippen molar-refractivity contribution in [2.24, 2.45) is 0 Å². The molecule has 0 aliphatic rings. The number of hydrogen-bond donors (Lipinski definition) is 0. The zero-order valence-electron chi connectivity index (χ0n) is 10.0. The van der Waals surface area contributed by atoms with Crippen LogP contribution in [0.4, 0.5) is 0 Å². The van der Waals surface area contributed by atoms with E-state index in [-0.39, 0.29) is 0 Å². The lowest BCUT2D eigenvalue weighted by Gasteiger charge is -2.07. The predicted molar refractivity (Wildman–Crippen MR) is 70.5 cm³/mol. The van der Waals surface area contributed by atoms with Crippen LogP contribution in [0.5, 0.6) is 0 Å². The maximum Gasteiger partial charge on any atom is 0.0927 e. The Balaban J connectivity index is 2.24. The number of nitrogens with zero attached hydrogens (tertiary/aromatic N) is 2. The van der Waals surface area contributed by atoms with Crippen LogP contribution < -0.4 is 0 Å². The highest BCUT2D eigenvalue weighted by molar-refractivity contribution is 5.78. The van der Waals surface area contributed by atoms with Gasteiger partial charge in [0.05, 0.1) is 11.2 Å². The first-order chi connectivity index (χ1) is 8.25. The Hall–Kier alpha value is -2.09. The third-order valence-electron chi connectivity index (χ3n) is 3.24. The molecule has 0 bridgehead atoms. The third kappa shape index (κ3) is 1.62. The fourth-order valence-electron chi connectivity index (χ4n) is 2.07. The smallest absolute Gasteiger partial charge is 0.0927 e. The van der Waals surface area contributed by atoms with Gasteiger partial charge in [0.25, 0.3) is 0 Å². The lowest BCUT2D eigenvalue weighted by atomic mass is 10.1. The Morgan fingerprint density at radius 3 is 2.59 bits per heavy atom. The summed E-state index contributed by atoms with van der Waals surface area (Å²) < 4.78 is 1.97. The largest absolute Gasteiger partial charge is 0.239 e. The van der Waals surface area contributed by atoms with Crippen molar-refractivity contribution in [3.63, 3.8) is 0 Å².